The molecule has 0 amide bonds. The fourth-order valence-electron chi connectivity index (χ4n) is 4.42. The number of ether oxygens (including phenoxy) is 2. The number of allylic oxidation sites excluding steroid dienone is 1. The van der Waals surface area contributed by atoms with Gasteiger partial charge >= 0.3 is 0 Å². The molecule has 5 nitrogen and oxygen atoms in total. The van der Waals surface area contributed by atoms with E-state index in [1.54, 1.807) is 0 Å². The molecule has 0 aromatic rings. The van der Waals surface area contributed by atoms with Crippen LogP contribution < -0.4 is 0 Å². The van der Waals surface area contributed by atoms with Crippen LogP contribution in [0.1, 0.15) is 74.7 Å². The summed E-state index contributed by atoms with van der Waals surface area (Å²) in [4.78, 5) is 11.2. The molecule has 0 saturated carbocycles. The van der Waals surface area contributed by atoms with E-state index in [0.717, 1.165) is 19.1 Å². The summed E-state index contributed by atoms with van der Waals surface area (Å²) in [7, 11) is -4.14. The molecule has 0 spiro atoms. The van der Waals surface area contributed by atoms with Crippen molar-refractivity contribution >= 4 is 22.9 Å². The van der Waals surface area contributed by atoms with Crippen molar-refractivity contribution in [3.8, 4) is 0 Å². The van der Waals surface area contributed by atoms with Crippen LogP contribution >= 0.6 is 0 Å². The van der Waals surface area contributed by atoms with Crippen LogP contribution in [0.5, 0.6) is 0 Å². The number of fused-ring (bicyclic) bond motifs is 1. The third kappa shape index (κ3) is 6.71. The average Bonchev–Trinajstić information content (AvgIpc) is 2.68. The molecular weight excluding hydrogens is 460 g/mol. The number of rotatable bonds is 8. The lowest BCUT2D eigenvalue weighted by molar-refractivity contribution is -0.251. The summed E-state index contributed by atoms with van der Waals surface area (Å²) in [6.07, 6.45) is 6.83. The second-order valence-corrected chi connectivity index (χ2v) is 22.9. The van der Waals surface area contributed by atoms with E-state index in [-0.39, 0.29) is 52.6 Å². The highest BCUT2D eigenvalue weighted by Gasteiger charge is 2.53. The molecule has 0 bridgehead atoms. The predicted octanol–water partition coefficient (Wildman–Crippen LogP) is 6.88. The lowest BCUT2D eigenvalue weighted by Crippen LogP contribution is -2.64. The maximum absolute atomic E-state index is 11.2. The van der Waals surface area contributed by atoms with Gasteiger partial charge in [0.1, 0.15) is 12.4 Å². The van der Waals surface area contributed by atoms with E-state index in [0.29, 0.717) is 6.42 Å². The Bertz CT molecular complexity index is 707. The van der Waals surface area contributed by atoms with Crippen molar-refractivity contribution in [2.45, 2.75) is 148 Å². The van der Waals surface area contributed by atoms with E-state index in [9.17, 15) is 4.79 Å². The van der Waals surface area contributed by atoms with Crippen molar-refractivity contribution in [2.75, 3.05) is 0 Å². The molecule has 0 N–H and O–H groups in total. The molecule has 0 radical (unpaired) electrons. The van der Waals surface area contributed by atoms with E-state index in [1.165, 1.54) is 0 Å². The molecular formula is C27H52O5Si2. The molecule has 2 aliphatic rings. The zero-order chi connectivity index (χ0) is 26.1. The van der Waals surface area contributed by atoms with Crippen molar-refractivity contribution in [2.24, 2.45) is 5.92 Å². The lowest BCUT2D eigenvalue weighted by atomic mass is 9.82. The Balaban J connectivity index is 2.45. The lowest BCUT2D eigenvalue weighted by Gasteiger charge is -2.54. The fourth-order valence-corrected chi connectivity index (χ4v) is 7.05. The number of hydrogen-bond acceptors (Lipinski definition) is 5. The van der Waals surface area contributed by atoms with Crippen LogP contribution in [-0.2, 0) is 23.1 Å². The van der Waals surface area contributed by atoms with Gasteiger partial charge < -0.3 is 23.1 Å². The Morgan fingerprint density at radius 2 is 1.56 bits per heavy atom. The smallest absolute Gasteiger partial charge is 0.193 e. The third-order valence-corrected chi connectivity index (χ3v) is 17.7. The fraction of sp³-hybridized carbons (Fsp3) is 0.889. The van der Waals surface area contributed by atoms with Gasteiger partial charge in [-0.15, -0.1) is 0 Å². The second-order valence-electron chi connectivity index (χ2n) is 13.4. The van der Waals surface area contributed by atoms with Gasteiger partial charge in [0.15, 0.2) is 16.6 Å². The number of aldehydes is 1. The molecule has 198 valence electrons. The number of hydrogen-bond donors (Lipinski definition) is 0. The van der Waals surface area contributed by atoms with Gasteiger partial charge in [-0.3, -0.25) is 0 Å². The van der Waals surface area contributed by atoms with E-state index in [4.69, 9.17) is 18.3 Å². The summed E-state index contributed by atoms with van der Waals surface area (Å²) >= 11 is 0. The minimum Gasteiger partial charge on any atom is -0.411 e. The molecule has 7 heteroatoms. The summed E-state index contributed by atoms with van der Waals surface area (Å²) in [6.45, 7) is 27.2. The Labute approximate surface area is 211 Å². The van der Waals surface area contributed by atoms with Crippen molar-refractivity contribution in [3.05, 3.63) is 12.2 Å². The first kappa shape index (κ1) is 29.9. The highest BCUT2D eigenvalue weighted by molar-refractivity contribution is 6.74. The van der Waals surface area contributed by atoms with Crippen molar-refractivity contribution < 1.29 is 23.1 Å². The molecule has 2 heterocycles. The van der Waals surface area contributed by atoms with E-state index < -0.39 is 16.6 Å². The first-order chi connectivity index (χ1) is 15.4. The first-order valence-corrected chi connectivity index (χ1v) is 19.0. The highest BCUT2D eigenvalue weighted by Crippen LogP contribution is 2.45. The number of carbonyl (C=O) groups excluding carboxylic acids is 1. The van der Waals surface area contributed by atoms with Crippen LogP contribution in [0.15, 0.2) is 12.2 Å². The minimum absolute atomic E-state index is 0.00191. The first-order valence-electron chi connectivity index (χ1n) is 13.2. The topological polar surface area (TPSA) is 54.0 Å². The van der Waals surface area contributed by atoms with E-state index in [1.807, 2.05) is 0 Å². The average molecular weight is 513 g/mol. The molecule has 0 aliphatic carbocycles. The minimum atomic E-state index is -2.09. The molecule has 34 heavy (non-hydrogen) atoms. The van der Waals surface area contributed by atoms with Crippen LogP contribution in [0.3, 0.4) is 0 Å². The van der Waals surface area contributed by atoms with Crippen molar-refractivity contribution in [1.29, 1.82) is 0 Å². The third-order valence-electron chi connectivity index (χ3n) is 8.72. The Kier molecular flexibility index (Phi) is 9.65. The van der Waals surface area contributed by atoms with Gasteiger partial charge in [0.25, 0.3) is 0 Å². The van der Waals surface area contributed by atoms with Gasteiger partial charge in [-0.1, -0.05) is 60.6 Å². The Hall–Kier alpha value is -0.316. The van der Waals surface area contributed by atoms with Crippen molar-refractivity contribution in [3.63, 3.8) is 0 Å². The summed E-state index contributed by atoms with van der Waals surface area (Å²) in [5.41, 5.74) is 0. The summed E-state index contributed by atoms with van der Waals surface area (Å²) in [5.74, 6) is 0.142. The van der Waals surface area contributed by atoms with Crippen LogP contribution in [0.25, 0.3) is 0 Å². The Morgan fingerprint density at radius 3 is 2.06 bits per heavy atom. The van der Waals surface area contributed by atoms with Crippen LogP contribution in [0.2, 0.25) is 36.3 Å². The van der Waals surface area contributed by atoms with Gasteiger partial charge in [-0.05, 0) is 56.0 Å². The summed E-state index contributed by atoms with van der Waals surface area (Å²) < 4.78 is 27.4. The van der Waals surface area contributed by atoms with Crippen LogP contribution in [0, 0.1) is 5.92 Å². The van der Waals surface area contributed by atoms with Crippen LogP contribution in [-0.4, -0.2) is 59.5 Å². The van der Waals surface area contributed by atoms with Gasteiger partial charge in [0, 0.05) is 12.3 Å². The molecule has 2 saturated heterocycles. The van der Waals surface area contributed by atoms with Crippen LogP contribution in [0.4, 0.5) is 0 Å². The highest BCUT2D eigenvalue weighted by atomic mass is 28.4. The standard InChI is InChI=1S/C27H52O5Si2/c1-13-14-22(31-33(9,10)26(3,4)5)25-24(32-34(11,12)27(6,7)8)19(2)23-21(30-25)16-15-20(29-23)17-18-28/h13-14,18-25H,15-17H2,1-12H3/b14-13+/t19-,20+,21-,22-,23-,24-,25+/m0/s1. The molecule has 0 aromatic heterocycles. The molecule has 0 unspecified atom stereocenters. The summed E-state index contributed by atoms with van der Waals surface area (Å²) in [6, 6.07) is 0. The predicted molar refractivity (Wildman–Crippen MR) is 145 cm³/mol. The monoisotopic (exact) mass is 512 g/mol. The largest absolute Gasteiger partial charge is 0.411 e. The molecule has 2 aliphatic heterocycles. The van der Waals surface area contributed by atoms with Gasteiger partial charge in [-0.2, -0.15) is 0 Å². The zero-order valence-electron chi connectivity index (χ0n) is 23.9. The van der Waals surface area contributed by atoms with E-state index >= 15 is 0 Å². The van der Waals surface area contributed by atoms with Gasteiger partial charge in [0.05, 0.1) is 30.5 Å². The summed E-state index contributed by atoms with van der Waals surface area (Å²) in [5, 5.41) is 0.180. The SMILES string of the molecule is C/C=C/[C@H](O[Si](C)(C)C(C)(C)C)[C@H]1O[C@H]2CC[C@H](CC=O)O[C@H]2[C@H](C)[C@@H]1O[Si](C)(C)C(C)(C)C. The quantitative estimate of drug-likeness (QED) is 0.201. The normalized spacial score (nSPS) is 32.5. The van der Waals surface area contributed by atoms with E-state index in [2.05, 4.69) is 93.7 Å². The maximum atomic E-state index is 11.2. The van der Waals surface area contributed by atoms with Crippen molar-refractivity contribution in [1.82, 2.24) is 0 Å². The Morgan fingerprint density at radius 1 is 0.971 bits per heavy atom. The molecule has 2 rings (SSSR count). The van der Waals surface area contributed by atoms with Gasteiger partial charge in [0.2, 0.25) is 0 Å². The molecule has 0 aromatic carbocycles. The zero-order valence-corrected chi connectivity index (χ0v) is 25.9. The maximum Gasteiger partial charge on any atom is 0.193 e. The molecule has 2 fully saturated rings. The molecule has 7 atom stereocenters. The second kappa shape index (κ2) is 11.0. The number of carbonyl (C=O) groups is 1. The van der Waals surface area contributed by atoms with Gasteiger partial charge in [-0.25, -0.2) is 0 Å².